The van der Waals surface area contributed by atoms with E-state index in [0.29, 0.717) is 6.04 Å². The van der Waals surface area contributed by atoms with Gasteiger partial charge in [-0.3, -0.25) is 0 Å². The van der Waals surface area contributed by atoms with Crippen LogP contribution in [0, 0.1) is 0 Å². The zero-order valence-corrected chi connectivity index (χ0v) is 9.83. The van der Waals surface area contributed by atoms with Gasteiger partial charge in [-0.15, -0.1) is 6.58 Å². The largest absolute Gasteiger partial charge is 0.313 e. The Morgan fingerprint density at radius 3 is 2.77 bits per heavy atom. The molecule has 1 atom stereocenters. The number of rotatable bonds is 9. The van der Waals surface area contributed by atoms with Crippen LogP contribution in [0.15, 0.2) is 12.7 Å². The first-order valence-corrected chi connectivity index (χ1v) is 6.42. The third-order valence-electron chi connectivity index (χ3n) is 1.93. The number of nitrogens with one attached hydrogen (secondary N) is 1. The summed E-state index contributed by atoms with van der Waals surface area (Å²) in [5, 5.41) is 3.57. The summed E-state index contributed by atoms with van der Waals surface area (Å²) in [5.41, 5.74) is 0. The highest BCUT2D eigenvalue weighted by Gasteiger charge is 2.05. The smallest absolute Gasteiger partial charge is 0.0161 e. The molecule has 0 saturated heterocycles. The number of hydrogen-bond donors (Lipinski definition) is 1. The van der Waals surface area contributed by atoms with E-state index >= 15 is 0 Å². The predicted octanol–water partition coefficient (Wildman–Crippen LogP) is 3.07. The molecule has 0 aromatic heterocycles. The minimum atomic E-state index is 0.683. The molecule has 1 N–H and O–H groups in total. The van der Waals surface area contributed by atoms with Crippen LogP contribution >= 0.6 is 11.8 Å². The van der Waals surface area contributed by atoms with Crippen molar-refractivity contribution >= 4 is 11.8 Å². The Labute approximate surface area is 87.4 Å². The molecule has 0 aromatic rings. The molecule has 78 valence electrons. The van der Waals surface area contributed by atoms with Crippen molar-refractivity contribution in [2.75, 3.05) is 18.1 Å². The average molecular weight is 201 g/mol. The maximum atomic E-state index is 3.76. The average Bonchev–Trinajstić information content (AvgIpc) is 2.17. The van der Waals surface area contributed by atoms with E-state index in [9.17, 15) is 0 Å². The third kappa shape index (κ3) is 8.38. The second kappa shape index (κ2) is 10.1. The van der Waals surface area contributed by atoms with Crippen LogP contribution in [0.2, 0.25) is 0 Å². The van der Waals surface area contributed by atoms with Gasteiger partial charge in [-0.2, -0.15) is 11.8 Å². The van der Waals surface area contributed by atoms with Gasteiger partial charge in [-0.25, -0.2) is 0 Å². The summed E-state index contributed by atoms with van der Waals surface area (Å²) in [7, 11) is 0. The molecule has 1 nitrogen and oxygen atoms in total. The predicted molar refractivity (Wildman–Crippen MR) is 64.5 cm³/mol. The fraction of sp³-hybridized carbons (Fsp3) is 0.818. The van der Waals surface area contributed by atoms with Crippen molar-refractivity contribution in [1.29, 1.82) is 0 Å². The fourth-order valence-corrected chi connectivity index (χ4v) is 1.98. The van der Waals surface area contributed by atoms with Gasteiger partial charge in [0.05, 0.1) is 0 Å². The molecule has 0 rings (SSSR count). The highest BCUT2D eigenvalue weighted by atomic mass is 32.2. The van der Waals surface area contributed by atoms with Crippen molar-refractivity contribution in [2.45, 2.75) is 39.2 Å². The van der Waals surface area contributed by atoms with E-state index in [1.165, 1.54) is 24.3 Å². The molecule has 0 aromatic carbocycles. The van der Waals surface area contributed by atoms with Crippen molar-refractivity contribution in [3.8, 4) is 0 Å². The number of allylic oxidation sites excluding steroid dienone is 1. The van der Waals surface area contributed by atoms with Crippen LogP contribution in [-0.4, -0.2) is 24.1 Å². The van der Waals surface area contributed by atoms with E-state index in [2.05, 4.69) is 25.7 Å². The van der Waals surface area contributed by atoms with E-state index in [4.69, 9.17) is 0 Å². The van der Waals surface area contributed by atoms with Crippen LogP contribution in [0.5, 0.6) is 0 Å². The summed E-state index contributed by atoms with van der Waals surface area (Å²) in [6.45, 7) is 9.33. The van der Waals surface area contributed by atoms with Crippen LogP contribution in [0.4, 0.5) is 0 Å². The van der Waals surface area contributed by atoms with Gasteiger partial charge < -0.3 is 5.32 Å². The zero-order valence-electron chi connectivity index (χ0n) is 9.01. The maximum Gasteiger partial charge on any atom is 0.0161 e. The van der Waals surface area contributed by atoms with Gasteiger partial charge in [0.2, 0.25) is 0 Å². The Kier molecular flexibility index (Phi) is 10.2. The summed E-state index contributed by atoms with van der Waals surface area (Å²) in [6, 6.07) is 0.683. The first kappa shape index (κ1) is 13.1. The normalized spacial score (nSPS) is 12.8. The van der Waals surface area contributed by atoms with Crippen molar-refractivity contribution in [1.82, 2.24) is 5.32 Å². The molecule has 0 radical (unpaired) electrons. The minimum absolute atomic E-state index is 0.683. The third-order valence-corrected chi connectivity index (χ3v) is 2.97. The van der Waals surface area contributed by atoms with Gasteiger partial charge in [-0.05, 0) is 31.6 Å². The summed E-state index contributed by atoms with van der Waals surface area (Å²) < 4.78 is 0. The Balaban J connectivity index is 3.52. The van der Waals surface area contributed by atoms with Gasteiger partial charge >= 0.3 is 0 Å². The van der Waals surface area contributed by atoms with E-state index < -0.39 is 0 Å². The molecule has 0 fully saturated rings. The standard InChI is InChI=1S/C11H23NS/c1-4-7-8-11(10-13-6-3)12-9-5-2/h4,11-12H,1,5-10H2,2-3H3. The van der Waals surface area contributed by atoms with Gasteiger partial charge in [0.25, 0.3) is 0 Å². The van der Waals surface area contributed by atoms with Crippen molar-refractivity contribution in [3.63, 3.8) is 0 Å². The lowest BCUT2D eigenvalue weighted by atomic mass is 10.2. The van der Waals surface area contributed by atoms with Crippen molar-refractivity contribution in [2.24, 2.45) is 0 Å². The molecule has 0 aliphatic carbocycles. The molecule has 0 spiro atoms. The molecule has 2 heteroatoms. The second-order valence-electron chi connectivity index (χ2n) is 3.18. The highest BCUT2D eigenvalue weighted by Crippen LogP contribution is 2.07. The summed E-state index contributed by atoms with van der Waals surface area (Å²) in [5.74, 6) is 2.46. The summed E-state index contributed by atoms with van der Waals surface area (Å²) >= 11 is 2.02. The zero-order chi connectivity index (χ0) is 9.94. The van der Waals surface area contributed by atoms with Gasteiger partial charge in [-0.1, -0.05) is 19.9 Å². The molecular weight excluding hydrogens is 178 g/mol. The molecule has 13 heavy (non-hydrogen) atoms. The summed E-state index contributed by atoms with van der Waals surface area (Å²) in [6.07, 6.45) is 5.60. The second-order valence-corrected chi connectivity index (χ2v) is 4.50. The van der Waals surface area contributed by atoms with E-state index in [-0.39, 0.29) is 0 Å². The van der Waals surface area contributed by atoms with Gasteiger partial charge in [0, 0.05) is 11.8 Å². The maximum absolute atomic E-state index is 3.76. The molecule has 0 aliphatic heterocycles. The SMILES string of the molecule is C=CCCC(CSCC)NCCC. The molecular formula is C11H23NS. The van der Waals surface area contributed by atoms with Crippen LogP contribution in [0.25, 0.3) is 0 Å². The topological polar surface area (TPSA) is 12.0 Å². The van der Waals surface area contributed by atoms with Crippen molar-refractivity contribution in [3.05, 3.63) is 12.7 Å². The minimum Gasteiger partial charge on any atom is -0.313 e. The molecule has 0 bridgehead atoms. The van der Waals surface area contributed by atoms with Crippen LogP contribution in [0.3, 0.4) is 0 Å². The lowest BCUT2D eigenvalue weighted by Gasteiger charge is -2.16. The molecule has 0 saturated carbocycles. The molecule has 1 unspecified atom stereocenters. The molecule has 0 aliphatic rings. The first-order chi connectivity index (χ1) is 6.35. The molecule has 0 heterocycles. The number of hydrogen-bond acceptors (Lipinski definition) is 2. The van der Waals surface area contributed by atoms with Gasteiger partial charge in [0.15, 0.2) is 0 Å². The Morgan fingerprint density at radius 2 is 2.23 bits per heavy atom. The van der Waals surface area contributed by atoms with Gasteiger partial charge in [0.1, 0.15) is 0 Å². The Morgan fingerprint density at radius 1 is 1.46 bits per heavy atom. The Bertz CT molecular complexity index is 107. The summed E-state index contributed by atoms with van der Waals surface area (Å²) in [4.78, 5) is 0. The lowest BCUT2D eigenvalue weighted by Crippen LogP contribution is -2.31. The van der Waals surface area contributed by atoms with Crippen molar-refractivity contribution < 1.29 is 0 Å². The number of thioether (sulfide) groups is 1. The quantitative estimate of drug-likeness (QED) is 0.575. The fourth-order valence-electron chi connectivity index (χ4n) is 1.17. The van der Waals surface area contributed by atoms with E-state index in [1.54, 1.807) is 0 Å². The monoisotopic (exact) mass is 201 g/mol. The first-order valence-electron chi connectivity index (χ1n) is 5.27. The van der Waals surface area contributed by atoms with E-state index in [0.717, 1.165) is 13.0 Å². The van der Waals surface area contributed by atoms with Crippen LogP contribution in [-0.2, 0) is 0 Å². The lowest BCUT2D eigenvalue weighted by molar-refractivity contribution is 0.524. The van der Waals surface area contributed by atoms with Crippen LogP contribution < -0.4 is 5.32 Å². The van der Waals surface area contributed by atoms with Crippen LogP contribution in [0.1, 0.15) is 33.1 Å². The highest BCUT2D eigenvalue weighted by molar-refractivity contribution is 7.99. The van der Waals surface area contributed by atoms with E-state index in [1.807, 2.05) is 17.8 Å². The Hall–Kier alpha value is 0.0500. The molecule has 0 amide bonds.